The molecule has 7 heteroatoms. The third kappa shape index (κ3) is 3.47. The van der Waals surface area contributed by atoms with Crippen molar-refractivity contribution in [2.45, 2.75) is 9.79 Å². The molecule has 0 saturated carbocycles. The summed E-state index contributed by atoms with van der Waals surface area (Å²) in [5.41, 5.74) is 0.299. The predicted molar refractivity (Wildman–Crippen MR) is 74.6 cm³/mol. The van der Waals surface area contributed by atoms with Crippen LogP contribution in [0.4, 0.5) is 0 Å². The van der Waals surface area contributed by atoms with Gasteiger partial charge in [0.15, 0.2) is 15.6 Å². The third-order valence-corrected chi connectivity index (χ3v) is 4.78. The molecule has 1 rings (SSSR count). The molecule has 1 aromatic rings. The van der Waals surface area contributed by atoms with Gasteiger partial charge < -0.3 is 5.32 Å². The Morgan fingerprint density at radius 2 is 2.06 bits per heavy atom. The average Bonchev–Trinajstić information content (AvgIpc) is 2.27. The first-order valence-electron chi connectivity index (χ1n) is 5.06. The molecule has 1 N–H and O–H groups in total. The summed E-state index contributed by atoms with van der Waals surface area (Å²) in [6.07, 6.45) is 2.84. The zero-order chi connectivity index (χ0) is 13.9. The quantitative estimate of drug-likeness (QED) is 0.664. The Hall–Kier alpha value is -0.560. The zero-order valence-electron chi connectivity index (χ0n) is 10.3. The van der Waals surface area contributed by atoms with Gasteiger partial charge in [-0.25, -0.2) is 8.42 Å². The Morgan fingerprint density at radius 3 is 2.50 bits per heavy atom. The van der Waals surface area contributed by atoms with Gasteiger partial charge in [-0.2, -0.15) is 0 Å². The number of thioether (sulfide) groups is 1. The Labute approximate surface area is 116 Å². The van der Waals surface area contributed by atoms with Crippen LogP contribution in [0, 0.1) is 0 Å². The van der Waals surface area contributed by atoms with Crippen LogP contribution in [0.5, 0.6) is 0 Å². The number of hydrogen-bond acceptors (Lipinski definition) is 5. The van der Waals surface area contributed by atoms with Gasteiger partial charge in [-0.05, 0) is 25.4 Å². The van der Waals surface area contributed by atoms with Gasteiger partial charge in [-0.15, -0.1) is 11.8 Å². The molecule has 100 valence electrons. The van der Waals surface area contributed by atoms with Crippen molar-refractivity contribution in [2.24, 2.45) is 0 Å². The number of ketones is 1. The van der Waals surface area contributed by atoms with Crippen LogP contribution in [-0.4, -0.2) is 40.3 Å². The Bertz CT molecular complexity index is 570. The molecule has 0 atom stereocenters. The Morgan fingerprint density at radius 1 is 1.44 bits per heavy atom. The standard InChI is InChI=1S/C11H14ClNO3S2/c1-13-6-9(14)7-4-8(12)11(17-2)10(5-7)18(3,15)16/h4-5,13H,6H2,1-3H3. The lowest BCUT2D eigenvalue weighted by Crippen LogP contribution is -2.19. The topological polar surface area (TPSA) is 63.2 Å². The highest BCUT2D eigenvalue weighted by atomic mass is 35.5. The van der Waals surface area contributed by atoms with E-state index in [0.717, 1.165) is 6.26 Å². The van der Waals surface area contributed by atoms with Gasteiger partial charge >= 0.3 is 0 Å². The lowest BCUT2D eigenvalue weighted by Gasteiger charge is -2.10. The Balaban J connectivity index is 3.45. The Kier molecular flexibility index (Phi) is 5.21. The lowest BCUT2D eigenvalue weighted by atomic mass is 10.1. The van der Waals surface area contributed by atoms with Gasteiger partial charge in [-0.3, -0.25) is 4.79 Å². The SMILES string of the molecule is CNCC(=O)c1cc(Cl)c(SC)c(S(C)(=O)=O)c1. The molecular formula is C11H14ClNO3S2. The van der Waals surface area contributed by atoms with Crippen LogP contribution in [0.3, 0.4) is 0 Å². The largest absolute Gasteiger partial charge is 0.313 e. The maximum atomic E-state index is 11.8. The molecule has 0 amide bonds. The van der Waals surface area contributed by atoms with E-state index in [9.17, 15) is 13.2 Å². The van der Waals surface area contributed by atoms with E-state index in [2.05, 4.69) is 5.32 Å². The summed E-state index contributed by atoms with van der Waals surface area (Å²) in [5, 5.41) is 3.01. The third-order valence-electron chi connectivity index (χ3n) is 2.27. The fourth-order valence-electron chi connectivity index (χ4n) is 1.47. The maximum absolute atomic E-state index is 11.8. The van der Waals surface area contributed by atoms with Crippen LogP contribution < -0.4 is 5.32 Å². The molecule has 0 aliphatic heterocycles. The van der Waals surface area contributed by atoms with Gasteiger partial charge in [0, 0.05) is 16.7 Å². The molecule has 0 spiro atoms. The van der Waals surface area contributed by atoms with Crippen molar-refractivity contribution in [2.75, 3.05) is 26.1 Å². The monoisotopic (exact) mass is 307 g/mol. The van der Waals surface area contributed by atoms with Crippen LogP contribution in [-0.2, 0) is 9.84 Å². The molecule has 0 aliphatic carbocycles. The summed E-state index contributed by atoms with van der Waals surface area (Å²) in [4.78, 5) is 12.3. The van der Waals surface area contributed by atoms with E-state index in [1.165, 1.54) is 23.9 Å². The van der Waals surface area contributed by atoms with Crippen molar-refractivity contribution in [1.29, 1.82) is 0 Å². The number of Topliss-reactive ketones (excluding diaryl/α,β-unsaturated/α-hetero) is 1. The van der Waals surface area contributed by atoms with Gasteiger partial charge in [0.2, 0.25) is 0 Å². The number of carbonyl (C=O) groups is 1. The van der Waals surface area contributed by atoms with Crippen LogP contribution >= 0.6 is 23.4 Å². The molecule has 0 heterocycles. The summed E-state index contributed by atoms with van der Waals surface area (Å²) in [6.45, 7) is 0.137. The van der Waals surface area contributed by atoms with E-state index in [-0.39, 0.29) is 22.2 Å². The molecule has 4 nitrogen and oxygen atoms in total. The van der Waals surface area contributed by atoms with Gasteiger partial charge in [0.1, 0.15) is 0 Å². The fraction of sp³-hybridized carbons (Fsp3) is 0.364. The number of likely N-dealkylation sites (N-methyl/N-ethyl adjacent to an activating group) is 1. The number of sulfone groups is 1. The molecule has 0 fully saturated rings. The second kappa shape index (κ2) is 6.06. The van der Waals surface area contributed by atoms with Crippen molar-refractivity contribution in [3.8, 4) is 0 Å². The van der Waals surface area contributed by atoms with Gasteiger partial charge in [0.05, 0.1) is 16.5 Å². The molecule has 1 aromatic carbocycles. The molecule has 0 aromatic heterocycles. The smallest absolute Gasteiger partial charge is 0.176 e. The predicted octanol–water partition coefficient (Wildman–Crippen LogP) is 1.87. The van der Waals surface area contributed by atoms with Crippen LogP contribution in [0.15, 0.2) is 21.9 Å². The molecular weight excluding hydrogens is 294 g/mol. The van der Waals surface area contributed by atoms with Crippen LogP contribution in [0.1, 0.15) is 10.4 Å². The number of halogens is 1. The first-order valence-corrected chi connectivity index (χ1v) is 8.56. The van der Waals surface area contributed by atoms with Gasteiger partial charge in [0.25, 0.3) is 0 Å². The summed E-state index contributed by atoms with van der Waals surface area (Å²) in [6, 6.07) is 2.88. The average molecular weight is 308 g/mol. The minimum atomic E-state index is -3.42. The van der Waals surface area contributed by atoms with Crippen molar-refractivity contribution < 1.29 is 13.2 Å². The normalized spacial score (nSPS) is 11.6. The van der Waals surface area contributed by atoms with E-state index < -0.39 is 9.84 Å². The molecule has 0 saturated heterocycles. The highest BCUT2D eigenvalue weighted by Gasteiger charge is 2.19. The number of benzene rings is 1. The fourth-order valence-corrected chi connectivity index (χ4v) is 3.98. The minimum Gasteiger partial charge on any atom is -0.313 e. The summed E-state index contributed by atoms with van der Waals surface area (Å²) in [7, 11) is -1.77. The van der Waals surface area contributed by atoms with Crippen molar-refractivity contribution in [3.63, 3.8) is 0 Å². The summed E-state index contributed by atoms with van der Waals surface area (Å²) < 4.78 is 23.4. The number of carbonyl (C=O) groups excluding carboxylic acids is 1. The second-order valence-corrected chi connectivity index (χ2v) is 6.92. The molecule has 0 aliphatic rings. The van der Waals surface area contributed by atoms with E-state index >= 15 is 0 Å². The van der Waals surface area contributed by atoms with E-state index in [4.69, 9.17) is 11.6 Å². The highest BCUT2D eigenvalue weighted by Crippen LogP contribution is 2.33. The van der Waals surface area contributed by atoms with Crippen molar-refractivity contribution in [1.82, 2.24) is 5.32 Å². The van der Waals surface area contributed by atoms with Crippen LogP contribution in [0.2, 0.25) is 5.02 Å². The maximum Gasteiger partial charge on any atom is 0.176 e. The highest BCUT2D eigenvalue weighted by molar-refractivity contribution is 7.99. The van der Waals surface area contributed by atoms with E-state index in [1.807, 2.05) is 0 Å². The number of nitrogens with one attached hydrogen (secondary N) is 1. The molecule has 18 heavy (non-hydrogen) atoms. The van der Waals surface area contributed by atoms with E-state index in [1.54, 1.807) is 13.3 Å². The molecule has 0 radical (unpaired) electrons. The first kappa shape index (κ1) is 15.5. The first-order chi connectivity index (χ1) is 8.31. The van der Waals surface area contributed by atoms with Crippen LogP contribution in [0.25, 0.3) is 0 Å². The summed E-state index contributed by atoms with van der Waals surface area (Å²) in [5.74, 6) is -0.197. The van der Waals surface area contributed by atoms with E-state index in [0.29, 0.717) is 10.5 Å². The minimum absolute atomic E-state index is 0.0990. The van der Waals surface area contributed by atoms with Crippen molar-refractivity contribution in [3.05, 3.63) is 22.7 Å². The number of rotatable bonds is 5. The van der Waals surface area contributed by atoms with Gasteiger partial charge in [-0.1, -0.05) is 11.6 Å². The molecule has 0 unspecified atom stereocenters. The molecule has 0 bridgehead atoms. The lowest BCUT2D eigenvalue weighted by molar-refractivity contribution is 0.0993. The zero-order valence-corrected chi connectivity index (χ0v) is 12.7. The second-order valence-electron chi connectivity index (χ2n) is 3.72. The number of hydrogen-bond donors (Lipinski definition) is 1. The summed E-state index contributed by atoms with van der Waals surface area (Å²) >= 11 is 7.27. The van der Waals surface area contributed by atoms with Crippen molar-refractivity contribution >= 4 is 39.0 Å².